The zero-order chi connectivity index (χ0) is 28.7. The molecule has 3 N–H and O–H groups in total. The van der Waals surface area contributed by atoms with E-state index in [9.17, 15) is 19.5 Å². The molecule has 1 aromatic rings. The second kappa shape index (κ2) is 11.2. The number of carbonyl (C=O) groups excluding carboxylic acids is 2. The van der Waals surface area contributed by atoms with Crippen molar-refractivity contribution in [2.45, 2.75) is 96.6 Å². The van der Waals surface area contributed by atoms with E-state index in [0.717, 1.165) is 32.1 Å². The van der Waals surface area contributed by atoms with Crippen molar-refractivity contribution in [3.8, 4) is 11.5 Å². The highest BCUT2D eigenvalue weighted by molar-refractivity contribution is 5.98. The number of hydrogen-bond acceptors (Lipinski definition) is 5. The van der Waals surface area contributed by atoms with E-state index in [2.05, 4.69) is 17.6 Å². The van der Waals surface area contributed by atoms with E-state index in [4.69, 9.17) is 9.47 Å². The summed E-state index contributed by atoms with van der Waals surface area (Å²) in [5.41, 5.74) is 0.0557. The molecule has 0 aliphatic heterocycles. The minimum Gasteiger partial charge on any atom is -0.496 e. The van der Waals surface area contributed by atoms with E-state index in [0.29, 0.717) is 32.2 Å². The van der Waals surface area contributed by atoms with Crippen LogP contribution in [0.25, 0.3) is 0 Å². The zero-order valence-corrected chi connectivity index (χ0v) is 23.9. The lowest BCUT2D eigenvalue weighted by Crippen LogP contribution is -2.51. The van der Waals surface area contributed by atoms with Gasteiger partial charge in [0.1, 0.15) is 5.75 Å². The van der Waals surface area contributed by atoms with Crippen molar-refractivity contribution < 1.29 is 33.4 Å². The first-order chi connectivity index (χ1) is 19.0. The van der Waals surface area contributed by atoms with Crippen LogP contribution in [0.15, 0.2) is 12.1 Å². The SMILES string of the molecule is COc1cc(F)c(OC2CCC(C)(CC(=O)O)CC2)cc1C(=O)N[C@@H]1[C@H]2CC[C@H](C2)[C@@H]1C(=O)NCC1(C)CCC1. The van der Waals surface area contributed by atoms with Gasteiger partial charge in [-0.3, -0.25) is 14.4 Å². The third kappa shape index (κ3) is 5.93. The molecule has 4 atom stereocenters. The Hall–Kier alpha value is -2.84. The van der Waals surface area contributed by atoms with Crippen LogP contribution in [0.1, 0.15) is 94.8 Å². The average molecular weight is 559 g/mol. The highest BCUT2D eigenvalue weighted by Gasteiger charge is 2.51. The number of aliphatic carboxylic acids is 1. The van der Waals surface area contributed by atoms with E-state index in [1.54, 1.807) is 0 Å². The standard InChI is InChI=1S/C31H43FN2O6/c1-30(16-25(35)36)11-7-20(8-12-30)40-24-14-21(23(39-3)15-22(24)32)28(37)34-27-19-6-5-18(13-19)26(27)29(38)33-17-31(2)9-4-10-31/h14-15,18-20,26-27H,4-13,16-17H2,1-3H3,(H,33,38)(H,34,37)(H,35,36)/t18-,19+,20?,26+,27-,30?/m1/s1. The van der Waals surface area contributed by atoms with Crippen LogP contribution in [0.4, 0.5) is 4.39 Å². The summed E-state index contributed by atoms with van der Waals surface area (Å²) in [5, 5.41) is 15.5. The molecule has 4 aliphatic rings. The molecule has 4 saturated carbocycles. The Morgan fingerprint density at radius 3 is 2.33 bits per heavy atom. The topological polar surface area (TPSA) is 114 Å². The van der Waals surface area contributed by atoms with Crippen molar-refractivity contribution in [3.63, 3.8) is 0 Å². The minimum atomic E-state index is -0.818. The summed E-state index contributed by atoms with van der Waals surface area (Å²) in [6.45, 7) is 4.84. The maximum atomic E-state index is 15.0. The number of fused-ring (bicyclic) bond motifs is 2. The van der Waals surface area contributed by atoms with Gasteiger partial charge in [0.2, 0.25) is 5.91 Å². The number of amides is 2. The maximum Gasteiger partial charge on any atom is 0.303 e. The van der Waals surface area contributed by atoms with Crippen LogP contribution in [0.2, 0.25) is 0 Å². The van der Waals surface area contributed by atoms with Crippen molar-refractivity contribution >= 4 is 17.8 Å². The Kier molecular flexibility index (Phi) is 8.03. The fraction of sp³-hybridized carbons (Fsp3) is 0.710. The van der Waals surface area contributed by atoms with E-state index >= 15 is 4.39 Å². The highest BCUT2D eigenvalue weighted by atomic mass is 19.1. The Morgan fingerprint density at radius 1 is 1.00 bits per heavy atom. The van der Waals surface area contributed by atoms with E-state index in [-0.39, 0.29) is 70.1 Å². The van der Waals surface area contributed by atoms with Crippen LogP contribution in [-0.2, 0) is 9.59 Å². The van der Waals surface area contributed by atoms with Gasteiger partial charge in [-0.2, -0.15) is 0 Å². The van der Waals surface area contributed by atoms with Gasteiger partial charge in [-0.25, -0.2) is 4.39 Å². The van der Waals surface area contributed by atoms with Crippen LogP contribution in [0.3, 0.4) is 0 Å². The lowest BCUT2D eigenvalue weighted by Gasteiger charge is -2.39. The quantitative estimate of drug-likeness (QED) is 0.369. The Labute approximate surface area is 235 Å². The van der Waals surface area contributed by atoms with Crippen molar-refractivity contribution in [1.82, 2.24) is 10.6 Å². The van der Waals surface area contributed by atoms with E-state index in [1.807, 2.05) is 6.92 Å². The molecule has 1 aromatic carbocycles. The number of methoxy groups -OCH3 is 1. The first-order valence-corrected chi connectivity index (χ1v) is 14.8. The highest BCUT2D eigenvalue weighted by Crippen LogP contribution is 2.49. The number of hydrogen-bond donors (Lipinski definition) is 3. The number of carboxylic acid groups (broad SMARTS) is 1. The van der Waals surface area contributed by atoms with Gasteiger partial charge in [-0.05, 0) is 86.5 Å². The molecular weight excluding hydrogens is 515 g/mol. The predicted molar refractivity (Wildman–Crippen MR) is 147 cm³/mol. The molecule has 220 valence electrons. The molecule has 0 aromatic heterocycles. The maximum absolute atomic E-state index is 15.0. The first-order valence-electron chi connectivity index (χ1n) is 14.8. The average Bonchev–Trinajstić information content (AvgIpc) is 3.50. The number of carboxylic acids is 1. The molecule has 0 unspecified atom stereocenters. The fourth-order valence-electron chi connectivity index (χ4n) is 7.58. The van der Waals surface area contributed by atoms with Crippen LogP contribution in [-0.4, -0.2) is 48.7 Å². The van der Waals surface area contributed by atoms with Crippen LogP contribution in [0, 0.1) is 34.4 Å². The number of benzene rings is 1. The summed E-state index contributed by atoms with van der Waals surface area (Å²) in [5.74, 6) is -1.49. The van der Waals surface area contributed by atoms with Gasteiger partial charge in [0.05, 0.1) is 31.1 Å². The monoisotopic (exact) mass is 558 g/mol. The third-order valence-corrected chi connectivity index (χ3v) is 10.3. The number of halogens is 1. The Bertz CT molecular complexity index is 1140. The van der Waals surface area contributed by atoms with Gasteiger partial charge in [0.25, 0.3) is 5.91 Å². The minimum absolute atomic E-state index is 0.0197. The van der Waals surface area contributed by atoms with Crippen molar-refractivity contribution in [2.75, 3.05) is 13.7 Å². The van der Waals surface area contributed by atoms with Gasteiger partial charge < -0.3 is 25.2 Å². The number of rotatable bonds is 10. The molecule has 0 heterocycles. The summed E-state index contributed by atoms with van der Waals surface area (Å²) < 4.78 is 26.4. The second-order valence-electron chi connectivity index (χ2n) is 13.4. The van der Waals surface area contributed by atoms with Gasteiger partial charge >= 0.3 is 5.97 Å². The summed E-state index contributed by atoms with van der Waals surface area (Å²) >= 11 is 0. The predicted octanol–water partition coefficient (Wildman–Crippen LogP) is 5.09. The molecule has 0 saturated heterocycles. The molecule has 40 heavy (non-hydrogen) atoms. The molecule has 0 radical (unpaired) electrons. The molecule has 4 fully saturated rings. The molecule has 0 spiro atoms. The summed E-state index contributed by atoms with van der Waals surface area (Å²) in [6, 6.07) is 2.30. The van der Waals surface area contributed by atoms with Crippen molar-refractivity contribution in [3.05, 3.63) is 23.5 Å². The third-order valence-electron chi connectivity index (χ3n) is 10.3. The van der Waals surface area contributed by atoms with E-state index in [1.165, 1.54) is 25.7 Å². The van der Waals surface area contributed by atoms with Gasteiger partial charge in [0, 0.05) is 18.7 Å². The smallest absolute Gasteiger partial charge is 0.303 e. The number of ether oxygens (including phenoxy) is 2. The fourth-order valence-corrected chi connectivity index (χ4v) is 7.58. The Balaban J connectivity index is 1.27. The van der Waals surface area contributed by atoms with Crippen LogP contribution < -0.4 is 20.1 Å². The second-order valence-corrected chi connectivity index (χ2v) is 13.4. The number of nitrogens with one attached hydrogen (secondary N) is 2. The zero-order valence-electron chi connectivity index (χ0n) is 23.9. The molecule has 5 rings (SSSR count). The molecular formula is C31H43FN2O6. The molecule has 4 aliphatic carbocycles. The van der Waals surface area contributed by atoms with Crippen LogP contribution >= 0.6 is 0 Å². The van der Waals surface area contributed by atoms with E-state index < -0.39 is 17.7 Å². The molecule has 8 nitrogen and oxygen atoms in total. The first kappa shape index (κ1) is 28.7. The molecule has 2 bridgehead atoms. The summed E-state index contributed by atoms with van der Waals surface area (Å²) in [7, 11) is 1.39. The lowest BCUT2D eigenvalue weighted by atomic mass is 9.70. The van der Waals surface area contributed by atoms with Gasteiger partial charge in [-0.15, -0.1) is 0 Å². The summed E-state index contributed by atoms with van der Waals surface area (Å²) in [4.78, 5) is 38.1. The lowest BCUT2D eigenvalue weighted by molar-refractivity contribution is -0.140. The molecule has 9 heteroatoms. The summed E-state index contributed by atoms with van der Waals surface area (Å²) in [6.07, 6.45) is 8.75. The normalized spacial score (nSPS) is 32.1. The van der Waals surface area contributed by atoms with Gasteiger partial charge in [0.15, 0.2) is 11.6 Å². The van der Waals surface area contributed by atoms with Gasteiger partial charge in [-0.1, -0.05) is 20.3 Å². The van der Waals surface area contributed by atoms with Crippen molar-refractivity contribution in [1.29, 1.82) is 0 Å². The Morgan fingerprint density at radius 2 is 1.70 bits per heavy atom. The van der Waals surface area contributed by atoms with Crippen LogP contribution in [0.5, 0.6) is 11.5 Å². The number of carbonyl (C=O) groups is 3. The molecule has 2 amide bonds. The largest absolute Gasteiger partial charge is 0.496 e. The van der Waals surface area contributed by atoms with Crippen molar-refractivity contribution in [2.24, 2.45) is 28.6 Å².